The van der Waals surface area contributed by atoms with Gasteiger partial charge in [-0.2, -0.15) is 0 Å². The van der Waals surface area contributed by atoms with Crippen LogP contribution in [0.5, 0.6) is 0 Å². The van der Waals surface area contributed by atoms with Gasteiger partial charge in [-0.25, -0.2) is 0 Å². The van der Waals surface area contributed by atoms with Crippen molar-refractivity contribution >= 4 is 23.5 Å². The lowest BCUT2D eigenvalue weighted by atomic mass is 10.1. The molecular weight excluding hydrogens is 585 g/mol. The van der Waals surface area contributed by atoms with E-state index in [4.69, 9.17) is 14.2 Å². The van der Waals surface area contributed by atoms with Crippen LogP contribution in [0.2, 0.25) is 0 Å². The number of ether oxygens (including phenoxy) is 3. The van der Waals surface area contributed by atoms with Gasteiger partial charge >= 0.3 is 0 Å². The van der Waals surface area contributed by atoms with Gasteiger partial charge in [0.25, 0.3) is 0 Å². The van der Waals surface area contributed by atoms with Crippen LogP contribution in [0.3, 0.4) is 0 Å². The molecule has 0 aliphatic heterocycles. The van der Waals surface area contributed by atoms with E-state index in [9.17, 15) is 5.11 Å². The minimum atomic E-state index is -0.630. The summed E-state index contributed by atoms with van der Waals surface area (Å²) in [4.78, 5) is 2.25. The summed E-state index contributed by atoms with van der Waals surface area (Å²) in [5.41, 5.74) is 3.14. The topological polar surface area (TPSA) is 47.9 Å². The molecule has 0 amide bonds. The molecule has 5 aromatic carbocycles. The minimum absolute atomic E-state index is 0.126. The SMILES string of the molecule is OC[C@@H](OCc1ccccc1)[C@H](OCc1ccccc1)[C@@H](OCc1ccccc1)C(Sc1ccccc1)Sc1ccccc1. The van der Waals surface area contributed by atoms with Crippen LogP contribution >= 0.6 is 23.5 Å². The highest BCUT2D eigenvalue weighted by Crippen LogP contribution is 2.41. The Labute approximate surface area is 269 Å². The number of rotatable bonds is 17. The van der Waals surface area contributed by atoms with Crippen molar-refractivity contribution in [1.82, 2.24) is 0 Å². The third-order valence-electron chi connectivity index (χ3n) is 7.01. The highest BCUT2D eigenvalue weighted by molar-refractivity contribution is 8.17. The standard InChI is InChI=1S/C38H38O4S2/c39-26-35(40-27-30-16-6-1-7-17-30)36(41-28-31-18-8-2-9-19-31)37(42-29-32-20-10-3-11-21-32)38(43-33-22-12-4-13-23-33)44-34-24-14-5-15-25-34/h1-25,35-39H,26-29H2/t35-,36+,37-/m1/s1. The molecule has 0 unspecified atom stereocenters. The molecule has 44 heavy (non-hydrogen) atoms. The molecule has 0 bridgehead atoms. The first-order valence-electron chi connectivity index (χ1n) is 14.8. The number of benzene rings is 5. The van der Waals surface area contributed by atoms with Crippen molar-refractivity contribution in [3.63, 3.8) is 0 Å². The van der Waals surface area contributed by atoms with Crippen molar-refractivity contribution in [2.75, 3.05) is 6.61 Å². The first-order chi connectivity index (χ1) is 21.8. The molecule has 0 aromatic heterocycles. The molecule has 0 aliphatic carbocycles. The smallest absolute Gasteiger partial charge is 0.114 e. The fourth-order valence-corrected chi connectivity index (χ4v) is 7.49. The Bertz CT molecular complexity index is 1420. The maximum Gasteiger partial charge on any atom is 0.114 e. The maximum absolute atomic E-state index is 10.8. The van der Waals surface area contributed by atoms with Crippen molar-refractivity contribution < 1.29 is 19.3 Å². The second-order valence-corrected chi connectivity index (χ2v) is 13.0. The summed E-state index contributed by atoms with van der Waals surface area (Å²) in [7, 11) is 0. The first kappa shape index (κ1) is 32.0. The first-order valence-corrected chi connectivity index (χ1v) is 16.6. The van der Waals surface area contributed by atoms with Crippen molar-refractivity contribution in [3.05, 3.63) is 168 Å². The zero-order chi connectivity index (χ0) is 30.2. The fourth-order valence-electron chi connectivity index (χ4n) is 4.73. The van der Waals surface area contributed by atoms with Crippen LogP contribution in [-0.4, -0.2) is 34.6 Å². The lowest BCUT2D eigenvalue weighted by molar-refractivity contribution is -0.157. The van der Waals surface area contributed by atoms with Gasteiger partial charge in [0, 0.05) is 9.79 Å². The van der Waals surface area contributed by atoms with E-state index in [0.717, 1.165) is 26.5 Å². The summed E-state index contributed by atoms with van der Waals surface area (Å²) in [6.45, 7) is 0.899. The number of aliphatic hydroxyl groups is 1. The molecule has 0 radical (unpaired) electrons. The van der Waals surface area contributed by atoms with E-state index in [1.165, 1.54) is 0 Å². The van der Waals surface area contributed by atoms with Gasteiger partial charge in [0.05, 0.1) is 31.0 Å². The molecule has 6 heteroatoms. The van der Waals surface area contributed by atoms with Crippen LogP contribution < -0.4 is 0 Å². The average molecular weight is 623 g/mol. The summed E-state index contributed by atoms with van der Waals surface area (Å²) >= 11 is 3.48. The maximum atomic E-state index is 10.8. The Balaban J connectivity index is 1.50. The normalized spacial score (nSPS) is 13.4. The van der Waals surface area contributed by atoms with Gasteiger partial charge in [-0.05, 0) is 41.0 Å². The second kappa shape index (κ2) is 17.8. The van der Waals surface area contributed by atoms with Gasteiger partial charge in [0.2, 0.25) is 0 Å². The zero-order valence-electron chi connectivity index (χ0n) is 24.6. The van der Waals surface area contributed by atoms with Crippen LogP contribution in [0, 0.1) is 0 Å². The Kier molecular flexibility index (Phi) is 13.0. The van der Waals surface area contributed by atoms with Gasteiger partial charge in [-0.1, -0.05) is 127 Å². The Hall–Kier alpha value is -3.36. The molecule has 0 aliphatic rings. The number of aliphatic hydroxyl groups excluding tert-OH is 1. The molecule has 4 nitrogen and oxygen atoms in total. The van der Waals surface area contributed by atoms with E-state index < -0.39 is 18.3 Å². The highest BCUT2D eigenvalue weighted by Gasteiger charge is 2.39. The van der Waals surface area contributed by atoms with Crippen LogP contribution in [-0.2, 0) is 34.0 Å². The molecule has 226 valence electrons. The summed E-state index contributed by atoms with van der Waals surface area (Å²) in [6, 6.07) is 51.0. The van der Waals surface area contributed by atoms with E-state index in [1.54, 1.807) is 23.5 Å². The van der Waals surface area contributed by atoms with E-state index in [0.29, 0.717) is 19.8 Å². The van der Waals surface area contributed by atoms with Crippen LogP contribution in [0.15, 0.2) is 161 Å². The third-order valence-corrected chi connectivity index (χ3v) is 9.67. The number of hydrogen-bond acceptors (Lipinski definition) is 6. The fraction of sp³-hybridized carbons (Fsp3) is 0.211. The van der Waals surface area contributed by atoms with Crippen molar-refractivity contribution in [2.45, 2.75) is 52.5 Å². The van der Waals surface area contributed by atoms with Crippen molar-refractivity contribution in [2.24, 2.45) is 0 Å². The molecule has 0 heterocycles. The molecule has 0 fully saturated rings. The molecule has 1 N–H and O–H groups in total. The summed E-state index contributed by atoms with van der Waals surface area (Å²) in [5.74, 6) is 0. The Morgan fingerprint density at radius 3 is 1.16 bits per heavy atom. The van der Waals surface area contributed by atoms with E-state index in [-0.39, 0.29) is 11.2 Å². The molecular formula is C38H38O4S2. The number of thioether (sulfide) groups is 2. The van der Waals surface area contributed by atoms with E-state index >= 15 is 0 Å². The predicted molar refractivity (Wildman–Crippen MR) is 181 cm³/mol. The predicted octanol–water partition coefficient (Wildman–Crippen LogP) is 8.65. The molecule has 5 aromatic rings. The lowest BCUT2D eigenvalue weighted by Crippen LogP contribution is -2.48. The quantitative estimate of drug-likeness (QED) is 0.0828. The molecule has 5 rings (SSSR count). The Morgan fingerprint density at radius 1 is 0.432 bits per heavy atom. The van der Waals surface area contributed by atoms with Gasteiger partial charge in [-0.15, -0.1) is 23.5 Å². The van der Waals surface area contributed by atoms with Crippen molar-refractivity contribution in [3.8, 4) is 0 Å². The zero-order valence-corrected chi connectivity index (χ0v) is 26.2. The second-order valence-electron chi connectivity index (χ2n) is 10.3. The molecule has 0 saturated heterocycles. The van der Waals surface area contributed by atoms with Crippen LogP contribution in [0.1, 0.15) is 16.7 Å². The third kappa shape index (κ3) is 10.1. The molecule has 0 saturated carbocycles. The molecule has 0 spiro atoms. The molecule has 3 atom stereocenters. The van der Waals surface area contributed by atoms with Gasteiger partial charge in [-0.3, -0.25) is 0 Å². The van der Waals surface area contributed by atoms with Gasteiger partial charge in [0.15, 0.2) is 0 Å². The highest BCUT2D eigenvalue weighted by atomic mass is 32.2. The lowest BCUT2D eigenvalue weighted by Gasteiger charge is -2.37. The van der Waals surface area contributed by atoms with Gasteiger partial charge < -0.3 is 19.3 Å². The largest absolute Gasteiger partial charge is 0.394 e. The van der Waals surface area contributed by atoms with Crippen molar-refractivity contribution in [1.29, 1.82) is 0 Å². The van der Waals surface area contributed by atoms with Crippen LogP contribution in [0.25, 0.3) is 0 Å². The van der Waals surface area contributed by atoms with E-state index in [2.05, 4.69) is 60.7 Å². The summed E-state index contributed by atoms with van der Waals surface area (Å²) in [6.07, 6.45) is -1.66. The van der Waals surface area contributed by atoms with E-state index in [1.807, 2.05) is 91.0 Å². The monoisotopic (exact) mass is 622 g/mol. The summed E-state index contributed by atoms with van der Waals surface area (Å²) < 4.78 is 19.9. The Morgan fingerprint density at radius 2 is 0.773 bits per heavy atom. The van der Waals surface area contributed by atoms with Gasteiger partial charge in [0.1, 0.15) is 18.3 Å². The van der Waals surface area contributed by atoms with Crippen LogP contribution in [0.4, 0.5) is 0 Å². The summed E-state index contributed by atoms with van der Waals surface area (Å²) in [5, 5.41) is 10.8. The minimum Gasteiger partial charge on any atom is -0.394 e. The average Bonchev–Trinajstić information content (AvgIpc) is 3.09. The number of hydrogen-bond donors (Lipinski definition) is 1.